The van der Waals surface area contributed by atoms with Crippen LogP contribution in [0.2, 0.25) is 17.6 Å². The van der Waals surface area contributed by atoms with Crippen molar-refractivity contribution in [2.24, 2.45) is 5.92 Å². The molecule has 0 aromatic heterocycles. The van der Waals surface area contributed by atoms with E-state index >= 15 is 0 Å². The molecular weight excluding hydrogens is 227 g/mol. The second kappa shape index (κ2) is 6.59. The van der Waals surface area contributed by atoms with E-state index in [2.05, 4.69) is 39.8 Å². The van der Waals surface area contributed by atoms with Gasteiger partial charge < -0.3 is 0 Å². The number of alkyl halides is 1. The molecule has 0 saturated carbocycles. The van der Waals surface area contributed by atoms with Crippen LogP contribution in [0.5, 0.6) is 0 Å². The van der Waals surface area contributed by atoms with Gasteiger partial charge in [0, 0.05) is 5.04 Å². The van der Waals surface area contributed by atoms with Gasteiger partial charge >= 0.3 is 0 Å². The smallest absolute Gasteiger partial charge is 0.144 e. The monoisotopic (exact) mass is 256 g/mol. The SMILES string of the molecule is C#C[Si](C)(CCC)C(CCC)(C(C)C)C(C)F. The lowest BCUT2D eigenvalue weighted by Crippen LogP contribution is -2.52. The fourth-order valence-electron chi connectivity index (χ4n) is 3.65. The molecule has 0 nitrogen and oxygen atoms in total. The summed E-state index contributed by atoms with van der Waals surface area (Å²) in [5, 5.41) is -0.257. The zero-order valence-electron chi connectivity index (χ0n) is 12.4. The maximum atomic E-state index is 14.4. The van der Waals surface area contributed by atoms with Crippen molar-refractivity contribution in [1.29, 1.82) is 0 Å². The number of hydrogen-bond donors (Lipinski definition) is 0. The predicted octanol–water partition coefficient (Wildman–Crippen LogP) is 5.20. The van der Waals surface area contributed by atoms with E-state index in [9.17, 15) is 4.39 Å². The highest BCUT2D eigenvalue weighted by atomic mass is 28.3. The zero-order valence-corrected chi connectivity index (χ0v) is 13.4. The number of halogens is 1. The topological polar surface area (TPSA) is 0 Å². The molecule has 3 unspecified atom stereocenters. The molecule has 0 rings (SSSR count). The highest BCUT2D eigenvalue weighted by molar-refractivity contribution is 6.89. The van der Waals surface area contributed by atoms with E-state index in [-0.39, 0.29) is 5.04 Å². The van der Waals surface area contributed by atoms with Crippen molar-refractivity contribution >= 4 is 8.07 Å². The molecule has 0 spiro atoms. The highest BCUT2D eigenvalue weighted by Gasteiger charge is 2.53. The van der Waals surface area contributed by atoms with Crippen LogP contribution in [0.1, 0.15) is 53.9 Å². The largest absolute Gasteiger partial charge is 0.247 e. The summed E-state index contributed by atoms with van der Waals surface area (Å²) >= 11 is 0. The first kappa shape index (κ1) is 16.7. The van der Waals surface area contributed by atoms with Crippen molar-refractivity contribution < 1.29 is 4.39 Å². The molecule has 0 bridgehead atoms. The Bertz CT molecular complexity index is 257. The van der Waals surface area contributed by atoms with Crippen molar-refractivity contribution in [2.45, 2.75) is 77.7 Å². The summed E-state index contributed by atoms with van der Waals surface area (Å²) in [5.74, 6) is 0.321. The molecule has 0 saturated heterocycles. The molecule has 17 heavy (non-hydrogen) atoms. The molecule has 0 radical (unpaired) electrons. The molecule has 3 atom stereocenters. The van der Waals surface area contributed by atoms with Crippen molar-refractivity contribution in [2.75, 3.05) is 0 Å². The standard InChI is InChI=1S/C15H29FSi/c1-8-11-15(13(4)5,14(6)16)17(7,10-3)12-9-2/h3,13-14H,8-9,11-12H2,1-2,4-7H3. The van der Waals surface area contributed by atoms with E-state index in [4.69, 9.17) is 6.42 Å². The summed E-state index contributed by atoms with van der Waals surface area (Å²) in [4.78, 5) is 0. The second-order valence-corrected chi connectivity index (χ2v) is 10.2. The first-order chi connectivity index (χ1) is 7.82. The average Bonchev–Trinajstić information content (AvgIpc) is 2.24. The highest BCUT2D eigenvalue weighted by Crippen LogP contribution is 2.54. The van der Waals surface area contributed by atoms with Crippen LogP contribution in [0.4, 0.5) is 4.39 Å². The van der Waals surface area contributed by atoms with Gasteiger partial charge in [-0.3, -0.25) is 0 Å². The Morgan fingerprint density at radius 3 is 2.00 bits per heavy atom. The fourth-order valence-corrected chi connectivity index (χ4v) is 8.48. The van der Waals surface area contributed by atoms with Crippen molar-refractivity contribution in [3.63, 3.8) is 0 Å². The molecule has 0 fully saturated rings. The van der Waals surface area contributed by atoms with Gasteiger partial charge in [0.1, 0.15) is 14.2 Å². The van der Waals surface area contributed by atoms with E-state index in [0.717, 1.165) is 25.3 Å². The Kier molecular flexibility index (Phi) is 6.48. The van der Waals surface area contributed by atoms with E-state index in [1.54, 1.807) is 6.92 Å². The minimum Gasteiger partial charge on any atom is -0.247 e. The Balaban J connectivity index is 5.63. The molecule has 0 aliphatic heterocycles. The Morgan fingerprint density at radius 2 is 1.76 bits per heavy atom. The molecule has 0 aliphatic carbocycles. The van der Waals surface area contributed by atoms with Gasteiger partial charge in [0.25, 0.3) is 0 Å². The first-order valence-electron chi connectivity index (χ1n) is 6.94. The Morgan fingerprint density at radius 1 is 1.24 bits per heavy atom. The first-order valence-corrected chi connectivity index (χ1v) is 9.64. The summed E-state index contributed by atoms with van der Waals surface area (Å²) < 4.78 is 14.4. The maximum Gasteiger partial charge on any atom is 0.144 e. The van der Waals surface area contributed by atoms with Crippen molar-refractivity contribution in [1.82, 2.24) is 0 Å². The van der Waals surface area contributed by atoms with Gasteiger partial charge in [-0.2, -0.15) is 0 Å². The van der Waals surface area contributed by atoms with E-state index < -0.39 is 14.2 Å². The zero-order chi connectivity index (χ0) is 13.7. The summed E-state index contributed by atoms with van der Waals surface area (Å²) in [6.07, 6.45) is 8.03. The van der Waals surface area contributed by atoms with Crippen LogP contribution in [-0.2, 0) is 0 Å². The lowest BCUT2D eigenvalue weighted by atomic mass is 9.86. The predicted molar refractivity (Wildman–Crippen MR) is 78.6 cm³/mol. The summed E-state index contributed by atoms with van der Waals surface area (Å²) in [7, 11) is -2.00. The minimum absolute atomic E-state index is 0.257. The normalized spacial score (nSPS) is 20.4. The third-order valence-corrected chi connectivity index (χ3v) is 9.92. The van der Waals surface area contributed by atoms with Crippen LogP contribution in [0.3, 0.4) is 0 Å². The van der Waals surface area contributed by atoms with Gasteiger partial charge in [-0.1, -0.05) is 47.1 Å². The van der Waals surface area contributed by atoms with Gasteiger partial charge in [0.15, 0.2) is 0 Å². The third kappa shape index (κ3) is 2.94. The molecular formula is C15H29FSi. The molecule has 0 aliphatic rings. The van der Waals surface area contributed by atoms with Gasteiger partial charge in [-0.15, -0.1) is 12.0 Å². The van der Waals surface area contributed by atoms with Crippen molar-refractivity contribution in [3.05, 3.63) is 0 Å². The summed E-state index contributed by atoms with van der Waals surface area (Å²) in [6, 6.07) is 1.04. The molecule has 0 amide bonds. The Hall–Kier alpha value is -0.293. The van der Waals surface area contributed by atoms with E-state index in [1.165, 1.54) is 0 Å². The number of terminal acetylenes is 1. The number of hydrogen-bond acceptors (Lipinski definition) is 0. The molecule has 2 heteroatoms. The lowest BCUT2D eigenvalue weighted by Gasteiger charge is -2.49. The van der Waals surface area contributed by atoms with Crippen LogP contribution in [0.25, 0.3) is 0 Å². The fraction of sp³-hybridized carbons (Fsp3) is 0.867. The third-order valence-electron chi connectivity index (χ3n) is 4.50. The van der Waals surface area contributed by atoms with Crippen molar-refractivity contribution in [3.8, 4) is 12.0 Å². The van der Waals surface area contributed by atoms with Gasteiger partial charge in [-0.25, -0.2) is 4.39 Å². The van der Waals surface area contributed by atoms with Crippen LogP contribution < -0.4 is 0 Å². The van der Waals surface area contributed by atoms with Gasteiger partial charge in [0.2, 0.25) is 0 Å². The summed E-state index contributed by atoms with van der Waals surface area (Å²) in [6.45, 7) is 12.5. The maximum absolute atomic E-state index is 14.4. The van der Waals surface area contributed by atoms with Crippen LogP contribution in [0, 0.1) is 17.9 Å². The lowest BCUT2D eigenvalue weighted by molar-refractivity contribution is 0.193. The molecule has 0 heterocycles. The van der Waals surface area contributed by atoms with Crippen LogP contribution in [-0.4, -0.2) is 14.2 Å². The van der Waals surface area contributed by atoms with E-state index in [0.29, 0.717) is 5.92 Å². The van der Waals surface area contributed by atoms with Gasteiger partial charge in [-0.05, 0) is 25.3 Å². The van der Waals surface area contributed by atoms with Crippen LogP contribution in [0.15, 0.2) is 0 Å². The Labute approximate surface area is 108 Å². The summed E-state index contributed by atoms with van der Waals surface area (Å²) in [5.41, 5.74) is 3.07. The molecule has 0 aromatic rings. The van der Waals surface area contributed by atoms with Gasteiger partial charge in [0.05, 0.1) is 0 Å². The van der Waals surface area contributed by atoms with Crippen LogP contribution >= 0.6 is 0 Å². The molecule has 0 aromatic carbocycles. The molecule has 0 N–H and O–H groups in total. The number of rotatable bonds is 7. The second-order valence-electron chi connectivity index (χ2n) is 5.79. The minimum atomic E-state index is -2.00. The molecule has 100 valence electrons. The average molecular weight is 256 g/mol. The van der Waals surface area contributed by atoms with E-state index in [1.807, 2.05) is 0 Å². The quantitative estimate of drug-likeness (QED) is 0.434.